The first-order chi connectivity index (χ1) is 14.4. The summed E-state index contributed by atoms with van der Waals surface area (Å²) in [5.41, 5.74) is 2.46. The molecule has 2 unspecified atom stereocenters. The number of hydrogen-bond donors (Lipinski definition) is 3. The number of carboxylic acid groups (broad SMARTS) is 1. The third-order valence-electron chi connectivity index (χ3n) is 4.89. The summed E-state index contributed by atoms with van der Waals surface area (Å²) < 4.78 is 0. The zero-order valence-electron chi connectivity index (χ0n) is 16.6. The molecule has 30 heavy (non-hydrogen) atoms. The van der Waals surface area contributed by atoms with Gasteiger partial charge in [0, 0.05) is 16.3 Å². The lowest BCUT2D eigenvalue weighted by molar-refractivity contribution is -0.146. The Balaban J connectivity index is 1.55. The second kappa shape index (κ2) is 10.1. The van der Waals surface area contributed by atoms with E-state index in [0.29, 0.717) is 18.5 Å². The van der Waals surface area contributed by atoms with Gasteiger partial charge in [-0.15, -0.1) is 11.8 Å². The molecule has 0 heterocycles. The minimum Gasteiger partial charge on any atom is -0.481 e. The lowest BCUT2D eigenvalue weighted by Crippen LogP contribution is -2.34. The molecule has 0 spiro atoms. The predicted molar refractivity (Wildman–Crippen MR) is 119 cm³/mol. The number of rotatable bonds is 7. The van der Waals surface area contributed by atoms with Gasteiger partial charge in [-0.2, -0.15) is 0 Å². The van der Waals surface area contributed by atoms with Crippen molar-refractivity contribution in [2.24, 2.45) is 11.8 Å². The molecule has 2 atom stereocenters. The van der Waals surface area contributed by atoms with Crippen molar-refractivity contribution in [2.75, 3.05) is 16.4 Å². The molecule has 0 aromatic heterocycles. The highest BCUT2D eigenvalue weighted by molar-refractivity contribution is 8.00. The number of allylic oxidation sites excluding steroid dienone is 2. The van der Waals surface area contributed by atoms with Gasteiger partial charge in [0.2, 0.25) is 11.8 Å². The maximum atomic E-state index is 12.6. The Labute approximate surface area is 179 Å². The van der Waals surface area contributed by atoms with Crippen LogP contribution in [0.25, 0.3) is 0 Å². The van der Waals surface area contributed by atoms with Gasteiger partial charge < -0.3 is 15.7 Å². The number of hydrogen-bond acceptors (Lipinski definition) is 4. The molecule has 6 nitrogen and oxygen atoms in total. The molecule has 0 fully saturated rings. The van der Waals surface area contributed by atoms with Crippen LogP contribution in [0.1, 0.15) is 18.4 Å². The van der Waals surface area contributed by atoms with E-state index in [0.717, 1.165) is 16.1 Å². The molecule has 3 N–H and O–H groups in total. The fourth-order valence-electron chi connectivity index (χ4n) is 3.26. The Morgan fingerprint density at radius 1 is 0.967 bits per heavy atom. The molecular formula is C23H24N2O4S. The van der Waals surface area contributed by atoms with Crippen LogP contribution in [-0.2, 0) is 14.4 Å². The quantitative estimate of drug-likeness (QED) is 0.454. The number of benzene rings is 2. The zero-order valence-corrected chi connectivity index (χ0v) is 17.4. The van der Waals surface area contributed by atoms with E-state index < -0.39 is 17.8 Å². The van der Waals surface area contributed by atoms with E-state index in [1.807, 2.05) is 49.4 Å². The highest BCUT2D eigenvalue weighted by Crippen LogP contribution is 2.28. The van der Waals surface area contributed by atoms with E-state index in [1.54, 1.807) is 18.2 Å². The van der Waals surface area contributed by atoms with Crippen molar-refractivity contribution in [2.45, 2.75) is 24.7 Å². The van der Waals surface area contributed by atoms with Gasteiger partial charge in [0.15, 0.2) is 0 Å². The number of amides is 2. The Bertz CT molecular complexity index is 956. The smallest absolute Gasteiger partial charge is 0.307 e. The van der Waals surface area contributed by atoms with Crippen LogP contribution >= 0.6 is 11.8 Å². The topological polar surface area (TPSA) is 95.5 Å². The lowest BCUT2D eigenvalue weighted by Gasteiger charge is -2.24. The molecule has 0 saturated carbocycles. The standard InChI is InChI=1S/C23H24N2O4S/c1-15-9-11-16(12-10-15)24-21(26)14-30-18-6-4-5-17(13-18)25-22(27)19-7-2-3-8-20(19)23(28)29/h2-6,9-13,19-20H,7-8,14H2,1H3,(H,24,26)(H,25,27)(H,28,29). The summed E-state index contributed by atoms with van der Waals surface area (Å²) >= 11 is 1.36. The monoisotopic (exact) mass is 424 g/mol. The molecule has 0 bridgehead atoms. The molecule has 3 rings (SSSR count). The van der Waals surface area contributed by atoms with Gasteiger partial charge in [-0.05, 0) is 50.1 Å². The molecule has 0 radical (unpaired) electrons. The number of aryl methyl sites for hydroxylation is 1. The molecule has 156 valence electrons. The van der Waals surface area contributed by atoms with Crippen LogP contribution in [0.15, 0.2) is 65.6 Å². The average molecular weight is 425 g/mol. The van der Waals surface area contributed by atoms with Gasteiger partial charge >= 0.3 is 5.97 Å². The molecular weight excluding hydrogens is 400 g/mol. The second-order valence-electron chi connectivity index (χ2n) is 7.21. The molecule has 2 aromatic carbocycles. The summed E-state index contributed by atoms with van der Waals surface area (Å²) in [6, 6.07) is 14.8. The van der Waals surface area contributed by atoms with Crippen LogP contribution in [0.3, 0.4) is 0 Å². The van der Waals surface area contributed by atoms with Crippen molar-refractivity contribution in [3.8, 4) is 0 Å². The van der Waals surface area contributed by atoms with Gasteiger partial charge in [-0.3, -0.25) is 14.4 Å². The third kappa shape index (κ3) is 5.97. The SMILES string of the molecule is Cc1ccc(NC(=O)CSc2cccc(NC(=O)C3CC=CCC3C(=O)O)c2)cc1. The van der Waals surface area contributed by atoms with Gasteiger partial charge in [0.05, 0.1) is 17.6 Å². The van der Waals surface area contributed by atoms with Crippen molar-refractivity contribution >= 4 is 40.9 Å². The van der Waals surface area contributed by atoms with E-state index >= 15 is 0 Å². The Kier molecular flexibility index (Phi) is 7.30. The molecule has 1 aliphatic carbocycles. The van der Waals surface area contributed by atoms with Crippen molar-refractivity contribution in [1.29, 1.82) is 0 Å². The highest BCUT2D eigenvalue weighted by Gasteiger charge is 2.33. The van der Waals surface area contributed by atoms with E-state index in [4.69, 9.17) is 0 Å². The third-order valence-corrected chi connectivity index (χ3v) is 5.89. The van der Waals surface area contributed by atoms with E-state index in [9.17, 15) is 19.5 Å². The summed E-state index contributed by atoms with van der Waals surface area (Å²) in [5, 5.41) is 15.0. The fourth-order valence-corrected chi connectivity index (χ4v) is 4.01. The first-order valence-electron chi connectivity index (χ1n) is 9.70. The fraction of sp³-hybridized carbons (Fsp3) is 0.261. The number of carbonyl (C=O) groups is 3. The lowest BCUT2D eigenvalue weighted by atomic mass is 9.82. The van der Waals surface area contributed by atoms with Gasteiger partial charge in [-0.1, -0.05) is 35.9 Å². The normalized spacial score (nSPS) is 17.9. The van der Waals surface area contributed by atoms with Crippen molar-refractivity contribution in [1.82, 2.24) is 0 Å². The number of anilines is 2. The first-order valence-corrected chi connectivity index (χ1v) is 10.7. The summed E-state index contributed by atoms with van der Waals surface area (Å²) in [5.74, 6) is -2.44. The van der Waals surface area contributed by atoms with Crippen molar-refractivity contribution in [3.05, 3.63) is 66.2 Å². The van der Waals surface area contributed by atoms with Crippen LogP contribution < -0.4 is 10.6 Å². The maximum absolute atomic E-state index is 12.6. The summed E-state index contributed by atoms with van der Waals surface area (Å²) in [4.78, 5) is 37.0. The maximum Gasteiger partial charge on any atom is 0.307 e. The van der Waals surface area contributed by atoms with Crippen LogP contribution in [0.2, 0.25) is 0 Å². The molecule has 7 heteroatoms. The number of thioether (sulfide) groups is 1. The van der Waals surface area contributed by atoms with Crippen molar-refractivity contribution < 1.29 is 19.5 Å². The van der Waals surface area contributed by atoms with Crippen LogP contribution in [-0.4, -0.2) is 28.6 Å². The number of aliphatic carboxylic acids is 1. The van der Waals surface area contributed by atoms with Gasteiger partial charge in [-0.25, -0.2) is 0 Å². The van der Waals surface area contributed by atoms with E-state index in [-0.39, 0.29) is 17.6 Å². The Hall–Kier alpha value is -3.06. The molecule has 2 amide bonds. The van der Waals surface area contributed by atoms with Crippen molar-refractivity contribution in [3.63, 3.8) is 0 Å². The largest absolute Gasteiger partial charge is 0.481 e. The minimum atomic E-state index is -0.955. The number of carboxylic acids is 1. The second-order valence-corrected chi connectivity index (χ2v) is 8.26. The van der Waals surface area contributed by atoms with Crippen LogP contribution in [0.5, 0.6) is 0 Å². The van der Waals surface area contributed by atoms with Crippen LogP contribution in [0.4, 0.5) is 11.4 Å². The van der Waals surface area contributed by atoms with E-state index in [2.05, 4.69) is 10.6 Å². The Morgan fingerprint density at radius 3 is 2.37 bits per heavy atom. The van der Waals surface area contributed by atoms with Gasteiger partial charge in [0.25, 0.3) is 0 Å². The van der Waals surface area contributed by atoms with E-state index in [1.165, 1.54) is 11.8 Å². The van der Waals surface area contributed by atoms with Crippen LogP contribution in [0, 0.1) is 18.8 Å². The molecule has 2 aromatic rings. The predicted octanol–water partition coefficient (Wildman–Crippen LogP) is 4.33. The summed E-state index contributed by atoms with van der Waals surface area (Å²) in [7, 11) is 0. The average Bonchev–Trinajstić information content (AvgIpc) is 2.74. The number of carbonyl (C=O) groups excluding carboxylic acids is 2. The van der Waals surface area contributed by atoms with Gasteiger partial charge in [0.1, 0.15) is 0 Å². The minimum absolute atomic E-state index is 0.114. The molecule has 0 aliphatic heterocycles. The summed E-state index contributed by atoms with van der Waals surface area (Å²) in [6.07, 6.45) is 4.43. The highest BCUT2D eigenvalue weighted by atomic mass is 32.2. The number of nitrogens with one attached hydrogen (secondary N) is 2. The molecule has 0 saturated heterocycles. The Morgan fingerprint density at radius 2 is 1.67 bits per heavy atom. The first kappa shape index (κ1) is 21.6. The molecule has 1 aliphatic rings. The summed E-state index contributed by atoms with van der Waals surface area (Å²) in [6.45, 7) is 1.99. The zero-order chi connectivity index (χ0) is 21.5.